The van der Waals surface area contributed by atoms with Gasteiger partial charge in [-0.05, 0) is 57.4 Å². The van der Waals surface area contributed by atoms with Crippen LogP contribution >= 0.6 is 0 Å². The van der Waals surface area contributed by atoms with E-state index in [2.05, 4.69) is 5.32 Å². The summed E-state index contributed by atoms with van der Waals surface area (Å²) < 4.78 is 33.4. The third-order valence-electron chi connectivity index (χ3n) is 5.03. The Kier molecular flexibility index (Phi) is 7.15. The second-order valence-corrected chi connectivity index (χ2v) is 9.94. The number of rotatable bonds is 7. The number of hydrogen-bond acceptors (Lipinski definition) is 4. The molecule has 1 amide bonds. The molecule has 0 aromatic heterocycles. The Balaban J connectivity index is 1.85. The largest absolute Gasteiger partial charge is 0.489 e. The number of ether oxygens (including phenoxy) is 1. The lowest BCUT2D eigenvalue weighted by Gasteiger charge is -2.26. The molecule has 0 spiro atoms. The van der Waals surface area contributed by atoms with E-state index in [4.69, 9.17) is 4.74 Å². The molecule has 1 heterocycles. The van der Waals surface area contributed by atoms with Gasteiger partial charge in [0.15, 0.2) is 0 Å². The maximum Gasteiger partial charge on any atom is 0.243 e. The number of sulfonamides is 1. The first kappa shape index (κ1) is 22.3. The van der Waals surface area contributed by atoms with Gasteiger partial charge in [0.25, 0.3) is 0 Å². The summed E-state index contributed by atoms with van der Waals surface area (Å²) in [6.45, 7) is 6.82. The van der Waals surface area contributed by atoms with Crippen LogP contribution in [-0.4, -0.2) is 37.8 Å². The van der Waals surface area contributed by atoms with Gasteiger partial charge in [-0.15, -0.1) is 0 Å². The number of hydrogen-bond donors (Lipinski definition) is 1. The van der Waals surface area contributed by atoms with Gasteiger partial charge in [-0.2, -0.15) is 4.31 Å². The number of nitrogens with one attached hydrogen (secondary N) is 1. The van der Waals surface area contributed by atoms with Crippen molar-refractivity contribution >= 4 is 21.6 Å². The molecule has 1 aliphatic heterocycles. The van der Waals surface area contributed by atoms with E-state index in [0.717, 1.165) is 30.4 Å². The highest BCUT2D eigenvalue weighted by Crippen LogP contribution is 2.31. The second kappa shape index (κ2) is 9.62. The van der Waals surface area contributed by atoms with Crippen molar-refractivity contribution in [3.05, 3.63) is 53.6 Å². The van der Waals surface area contributed by atoms with Crippen molar-refractivity contribution in [3.63, 3.8) is 0 Å². The Bertz CT molecular complexity index is 979. The first-order chi connectivity index (χ1) is 14.3. The molecule has 0 atom stereocenters. The molecule has 7 heteroatoms. The normalized spacial score (nSPS) is 15.2. The molecule has 162 valence electrons. The van der Waals surface area contributed by atoms with Crippen LogP contribution in [0.25, 0.3) is 0 Å². The van der Waals surface area contributed by atoms with E-state index in [1.165, 1.54) is 10.4 Å². The van der Waals surface area contributed by atoms with Crippen molar-refractivity contribution in [3.8, 4) is 5.75 Å². The first-order valence-electron chi connectivity index (χ1n) is 10.4. The van der Waals surface area contributed by atoms with Crippen molar-refractivity contribution in [2.75, 3.05) is 18.4 Å². The van der Waals surface area contributed by atoms with Crippen LogP contribution < -0.4 is 10.1 Å². The van der Waals surface area contributed by atoms with Crippen molar-refractivity contribution in [2.24, 2.45) is 0 Å². The van der Waals surface area contributed by atoms with Crippen LogP contribution in [0.5, 0.6) is 5.75 Å². The van der Waals surface area contributed by atoms with Crippen LogP contribution in [0.15, 0.2) is 47.4 Å². The van der Waals surface area contributed by atoms with Gasteiger partial charge in [-0.3, -0.25) is 4.79 Å². The average molecular weight is 431 g/mol. The number of carbonyl (C=O) groups excluding carboxylic acids is 1. The maximum absolute atomic E-state index is 13.1. The van der Waals surface area contributed by atoms with E-state index >= 15 is 0 Å². The van der Waals surface area contributed by atoms with Crippen molar-refractivity contribution in [1.29, 1.82) is 0 Å². The molecule has 0 aliphatic carbocycles. The van der Waals surface area contributed by atoms with Gasteiger partial charge in [0.2, 0.25) is 15.9 Å². The van der Waals surface area contributed by atoms with Gasteiger partial charge >= 0.3 is 0 Å². The van der Waals surface area contributed by atoms with E-state index in [9.17, 15) is 13.2 Å². The van der Waals surface area contributed by atoms with Crippen LogP contribution in [0.3, 0.4) is 0 Å². The fourth-order valence-corrected chi connectivity index (χ4v) is 5.01. The van der Waals surface area contributed by atoms with Crippen LogP contribution in [0, 0.1) is 6.92 Å². The van der Waals surface area contributed by atoms with Gasteiger partial charge in [0.1, 0.15) is 5.75 Å². The second-order valence-electron chi connectivity index (χ2n) is 8.00. The summed E-state index contributed by atoms with van der Waals surface area (Å²) >= 11 is 0. The molecule has 2 aromatic rings. The zero-order valence-corrected chi connectivity index (χ0v) is 18.7. The van der Waals surface area contributed by atoms with E-state index < -0.39 is 10.0 Å². The molecule has 0 unspecified atom stereocenters. The highest BCUT2D eigenvalue weighted by Gasteiger charge is 2.27. The summed E-state index contributed by atoms with van der Waals surface area (Å²) in [4.78, 5) is 12.8. The zero-order chi connectivity index (χ0) is 21.7. The Morgan fingerprint density at radius 1 is 1.07 bits per heavy atom. The summed E-state index contributed by atoms with van der Waals surface area (Å²) in [7, 11) is -3.60. The number of amides is 1. The minimum Gasteiger partial charge on any atom is -0.489 e. The third kappa shape index (κ3) is 5.61. The molecule has 1 fully saturated rings. The van der Waals surface area contributed by atoms with E-state index in [1.54, 1.807) is 12.1 Å². The van der Waals surface area contributed by atoms with E-state index in [-0.39, 0.29) is 23.3 Å². The first-order valence-corrected chi connectivity index (χ1v) is 11.9. The van der Waals surface area contributed by atoms with Gasteiger partial charge in [-0.25, -0.2) is 8.42 Å². The maximum atomic E-state index is 13.1. The number of anilines is 1. The predicted octanol–water partition coefficient (Wildman–Crippen LogP) is 4.14. The summed E-state index contributed by atoms with van der Waals surface area (Å²) in [6, 6.07) is 12.4. The molecule has 0 saturated carbocycles. The zero-order valence-electron chi connectivity index (χ0n) is 17.8. The van der Waals surface area contributed by atoms with Crippen molar-refractivity contribution in [1.82, 2.24) is 4.31 Å². The smallest absolute Gasteiger partial charge is 0.243 e. The van der Waals surface area contributed by atoms with Crippen LogP contribution in [-0.2, 0) is 21.2 Å². The van der Waals surface area contributed by atoms with Gasteiger partial charge < -0.3 is 10.1 Å². The fraction of sp³-hybridized carbons (Fsp3) is 0.435. The minimum atomic E-state index is -3.60. The Labute approximate surface area is 179 Å². The van der Waals surface area contributed by atoms with Gasteiger partial charge in [0.05, 0.1) is 23.1 Å². The van der Waals surface area contributed by atoms with Gasteiger partial charge in [-0.1, -0.05) is 36.2 Å². The molecule has 0 bridgehead atoms. The minimum absolute atomic E-state index is 0.109. The van der Waals surface area contributed by atoms with Gasteiger partial charge in [0, 0.05) is 13.1 Å². The number of nitrogens with zero attached hydrogens (tertiary/aromatic N) is 1. The van der Waals surface area contributed by atoms with E-state index in [0.29, 0.717) is 24.5 Å². The molecule has 30 heavy (non-hydrogen) atoms. The predicted molar refractivity (Wildman–Crippen MR) is 118 cm³/mol. The molecule has 3 rings (SSSR count). The number of benzene rings is 2. The quantitative estimate of drug-likeness (QED) is 0.716. The Hall–Kier alpha value is -2.38. The van der Waals surface area contributed by atoms with Crippen LogP contribution in [0.4, 0.5) is 5.69 Å². The van der Waals surface area contributed by atoms with Crippen molar-refractivity contribution in [2.45, 2.75) is 57.5 Å². The topological polar surface area (TPSA) is 75.7 Å². The van der Waals surface area contributed by atoms with E-state index in [1.807, 2.05) is 45.0 Å². The van der Waals surface area contributed by atoms with Crippen molar-refractivity contribution < 1.29 is 17.9 Å². The molecule has 2 aromatic carbocycles. The monoisotopic (exact) mass is 430 g/mol. The highest BCUT2D eigenvalue weighted by molar-refractivity contribution is 7.89. The molecular weight excluding hydrogens is 400 g/mol. The molecule has 0 radical (unpaired) electrons. The molecule has 6 nitrogen and oxygen atoms in total. The molecule has 1 N–H and O–H groups in total. The Morgan fingerprint density at radius 2 is 1.73 bits per heavy atom. The molecular formula is C23H30N2O4S. The number of aryl methyl sites for hydroxylation is 1. The summed E-state index contributed by atoms with van der Waals surface area (Å²) in [5.74, 6) is 0.236. The van der Waals surface area contributed by atoms with Crippen LogP contribution in [0.1, 0.15) is 44.2 Å². The highest BCUT2D eigenvalue weighted by atomic mass is 32.2. The summed E-state index contributed by atoms with van der Waals surface area (Å²) in [5, 5.41) is 2.85. The molecule has 1 saturated heterocycles. The summed E-state index contributed by atoms with van der Waals surface area (Å²) in [6.07, 6.45) is 2.88. The standard InChI is InChI=1S/C23H30N2O4S/c1-17(2)29-22-12-11-20(30(27,28)25-13-5-4-6-14-25)16-21(22)24-23(26)15-19-9-7-18(3)8-10-19/h7-12,16-17H,4-6,13-15H2,1-3H3,(H,24,26). The molecule has 1 aliphatic rings. The lowest BCUT2D eigenvalue weighted by molar-refractivity contribution is -0.115. The number of carbonyl (C=O) groups is 1. The fourth-order valence-electron chi connectivity index (χ4n) is 3.46. The third-order valence-corrected chi connectivity index (χ3v) is 6.92. The van der Waals surface area contributed by atoms with Crippen LogP contribution in [0.2, 0.25) is 0 Å². The Morgan fingerprint density at radius 3 is 2.37 bits per heavy atom. The lowest BCUT2D eigenvalue weighted by Crippen LogP contribution is -2.35. The SMILES string of the molecule is Cc1ccc(CC(=O)Nc2cc(S(=O)(=O)N3CCCCC3)ccc2OC(C)C)cc1. The lowest BCUT2D eigenvalue weighted by atomic mass is 10.1. The average Bonchev–Trinajstić information content (AvgIpc) is 2.71. The number of piperidine rings is 1. The summed E-state index contributed by atoms with van der Waals surface area (Å²) in [5.41, 5.74) is 2.39.